The Morgan fingerprint density at radius 3 is 2.48 bits per heavy atom. The van der Waals surface area contributed by atoms with Gasteiger partial charge < -0.3 is 15.4 Å². The number of nitrogens with zero attached hydrogens (tertiary/aromatic N) is 1. The molecular formula is C20H24F3N3O. The standard InChI is InChI=1S/C20H24F3N3O/c1-13-5-6-15(12-24-13)26-14-7-8-17(21)16(11-14)19(4)20(22,23)18(2,3)27-10-9-25-19/h5-8,11-12,25-26H,9-10H2,1-4H3/t19-/m1/s1. The van der Waals surface area contributed by atoms with E-state index in [1.165, 1.54) is 39.0 Å². The molecule has 3 rings (SSSR count). The van der Waals surface area contributed by atoms with Crippen LogP contribution in [0.4, 0.5) is 24.5 Å². The Bertz CT molecular complexity index is 824. The molecule has 1 aromatic carbocycles. The van der Waals surface area contributed by atoms with Gasteiger partial charge >= 0.3 is 0 Å². The first kappa shape index (κ1) is 19.6. The number of rotatable bonds is 3. The van der Waals surface area contributed by atoms with Crippen LogP contribution < -0.4 is 10.6 Å². The van der Waals surface area contributed by atoms with Crippen molar-refractivity contribution in [2.45, 2.75) is 44.8 Å². The van der Waals surface area contributed by atoms with E-state index in [0.29, 0.717) is 11.4 Å². The molecule has 7 heteroatoms. The maximum absolute atomic E-state index is 15.4. The Kier molecular flexibility index (Phi) is 4.94. The molecule has 0 saturated carbocycles. The van der Waals surface area contributed by atoms with E-state index in [2.05, 4.69) is 15.6 Å². The number of nitrogens with one attached hydrogen (secondary N) is 2. The number of anilines is 2. The molecule has 1 aromatic heterocycles. The molecule has 1 fully saturated rings. The second-order valence-electron chi connectivity index (χ2n) is 7.49. The van der Waals surface area contributed by atoms with Gasteiger partial charge in [-0.15, -0.1) is 0 Å². The SMILES string of the molecule is Cc1ccc(Nc2ccc(F)c([C@@]3(C)NCCOC(C)(C)C3(F)F)c2)cn1. The number of benzene rings is 1. The minimum atomic E-state index is -3.36. The predicted molar refractivity (Wildman–Crippen MR) is 99.0 cm³/mol. The highest BCUT2D eigenvalue weighted by Gasteiger charge is 2.63. The summed E-state index contributed by atoms with van der Waals surface area (Å²) in [5.41, 5.74) is -1.75. The Morgan fingerprint density at radius 2 is 1.81 bits per heavy atom. The highest BCUT2D eigenvalue weighted by Crippen LogP contribution is 2.48. The van der Waals surface area contributed by atoms with Crippen LogP contribution in [0, 0.1) is 12.7 Å². The first-order valence-electron chi connectivity index (χ1n) is 8.83. The largest absolute Gasteiger partial charge is 0.368 e. The van der Waals surface area contributed by atoms with Crippen molar-refractivity contribution in [2.24, 2.45) is 0 Å². The zero-order chi connectivity index (χ0) is 19.9. The third kappa shape index (κ3) is 3.41. The van der Waals surface area contributed by atoms with Crippen LogP contribution in [0.1, 0.15) is 32.0 Å². The lowest BCUT2D eigenvalue weighted by atomic mass is 9.77. The fourth-order valence-corrected chi connectivity index (χ4v) is 3.37. The molecule has 0 spiro atoms. The van der Waals surface area contributed by atoms with Crippen molar-refractivity contribution >= 4 is 11.4 Å². The van der Waals surface area contributed by atoms with E-state index >= 15 is 8.78 Å². The number of alkyl halides is 2. The predicted octanol–water partition coefficient (Wildman–Crippen LogP) is 4.52. The van der Waals surface area contributed by atoms with Crippen LogP contribution in [0.5, 0.6) is 0 Å². The van der Waals surface area contributed by atoms with Crippen molar-refractivity contribution in [3.8, 4) is 0 Å². The summed E-state index contributed by atoms with van der Waals surface area (Å²) in [5, 5.41) is 5.89. The number of hydrogen-bond acceptors (Lipinski definition) is 4. The number of ether oxygens (including phenoxy) is 1. The number of hydrogen-bond donors (Lipinski definition) is 2. The zero-order valence-corrected chi connectivity index (χ0v) is 15.9. The van der Waals surface area contributed by atoms with Crippen molar-refractivity contribution in [3.05, 3.63) is 53.6 Å². The van der Waals surface area contributed by atoms with E-state index < -0.39 is 22.9 Å². The van der Waals surface area contributed by atoms with E-state index in [-0.39, 0.29) is 18.7 Å². The summed E-state index contributed by atoms with van der Waals surface area (Å²) >= 11 is 0. The van der Waals surface area contributed by atoms with E-state index in [1.54, 1.807) is 6.20 Å². The van der Waals surface area contributed by atoms with Crippen molar-refractivity contribution in [2.75, 3.05) is 18.5 Å². The number of pyridine rings is 1. The van der Waals surface area contributed by atoms with Gasteiger partial charge in [-0.3, -0.25) is 4.98 Å². The van der Waals surface area contributed by atoms with Crippen molar-refractivity contribution < 1.29 is 17.9 Å². The quantitative estimate of drug-likeness (QED) is 0.823. The maximum Gasteiger partial charge on any atom is 0.297 e. The van der Waals surface area contributed by atoms with Crippen LogP contribution in [0.2, 0.25) is 0 Å². The molecule has 0 bridgehead atoms. The molecule has 1 saturated heterocycles. The van der Waals surface area contributed by atoms with Gasteiger partial charge in [0.15, 0.2) is 0 Å². The average molecular weight is 379 g/mol. The zero-order valence-electron chi connectivity index (χ0n) is 15.9. The summed E-state index contributed by atoms with van der Waals surface area (Å²) in [7, 11) is 0. The van der Waals surface area contributed by atoms with Crippen LogP contribution in [-0.2, 0) is 10.3 Å². The maximum atomic E-state index is 15.4. The van der Waals surface area contributed by atoms with Crippen LogP contribution in [0.25, 0.3) is 0 Å². The molecule has 1 atom stereocenters. The second-order valence-corrected chi connectivity index (χ2v) is 7.49. The molecule has 0 aliphatic carbocycles. The Labute approximate surface area is 157 Å². The average Bonchev–Trinajstić information content (AvgIpc) is 2.69. The van der Waals surface area contributed by atoms with Gasteiger partial charge in [0.2, 0.25) is 0 Å². The van der Waals surface area contributed by atoms with Gasteiger partial charge in [-0.05, 0) is 58.0 Å². The molecule has 4 nitrogen and oxygen atoms in total. The third-order valence-electron chi connectivity index (χ3n) is 5.13. The van der Waals surface area contributed by atoms with Crippen LogP contribution >= 0.6 is 0 Å². The minimum Gasteiger partial charge on any atom is -0.368 e. The lowest BCUT2D eigenvalue weighted by molar-refractivity contribution is -0.216. The third-order valence-corrected chi connectivity index (χ3v) is 5.13. The number of aromatic nitrogens is 1. The van der Waals surface area contributed by atoms with Gasteiger partial charge in [-0.1, -0.05) is 0 Å². The highest BCUT2D eigenvalue weighted by atomic mass is 19.3. The summed E-state index contributed by atoms with van der Waals surface area (Å²) in [5.74, 6) is -4.06. The second kappa shape index (κ2) is 6.80. The smallest absolute Gasteiger partial charge is 0.297 e. The Morgan fingerprint density at radius 1 is 1.11 bits per heavy atom. The molecule has 1 aliphatic rings. The van der Waals surface area contributed by atoms with Gasteiger partial charge in [-0.2, -0.15) is 0 Å². The lowest BCUT2D eigenvalue weighted by Crippen LogP contribution is -2.61. The summed E-state index contributed by atoms with van der Waals surface area (Å²) in [6.45, 7) is 6.15. The summed E-state index contributed by atoms with van der Waals surface area (Å²) < 4.78 is 50.8. The topological polar surface area (TPSA) is 46.2 Å². The molecule has 0 radical (unpaired) electrons. The van der Waals surface area contributed by atoms with Gasteiger partial charge in [0.25, 0.3) is 5.92 Å². The monoisotopic (exact) mass is 379 g/mol. The van der Waals surface area contributed by atoms with E-state index in [9.17, 15) is 4.39 Å². The molecule has 27 heavy (non-hydrogen) atoms. The summed E-state index contributed by atoms with van der Waals surface area (Å²) in [6.07, 6.45) is 1.63. The van der Waals surface area contributed by atoms with Gasteiger partial charge in [0, 0.05) is 23.5 Å². The number of aryl methyl sites for hydroxylation is 1. The normalized spacial score (nSPS) is 24.3. The highest BCUT2D eigenvalue weighted by molar-refractivity contribution is 5.60. The molecule has 1 aliphatic heterocycles. The van der Waals surface area contributed by atoms with E-state index in [1.807, 2.05) is 19.1 Å². The fraction of sp³-hybridized carbons (Fsp3) is 0.450. The van der Waals surface area contributed by atoms with Gasteiger partial charge in [-0.25, -0.2) is 13.2 Å². The summed E-state index contributed by atoms with van der Waals surface area (Å²) in [4.78, 5) is 4.19. The molecule has 146 valence electrons. The fourth-order valence-electron chi connectivity index (χ4n) is 3.37. The van der Waals surface area contributed by atoms with Gasteiger partial charge in [0.1, 0.15) is 17.0 Å². The number of halogens is 3. The molecule has 2 heterocycles. The van der Waals surface area contributed by atoms with Crippen molar-refractivity contribution in [1.82, 2.24) is 10.3 Å². The van der Waals surface area contributed by atoms with E-state index in [4.69, 9.17) is 4.74 Å². The Balaban J connectivity index is 2.03. The summed E-state index contributed by atoms with van der Waals surface area (Å²) in [6, 6.07) is 7.77. The Hall–Kier alpha value is -2.12. The molecule has 0 unspecified atom stereocenters. The van der Waals surface area contributed by atoms with Crippen molar-refractivity contribution in [3.63, 3.8) is 0 Å². The first-order valence-corrected chi connectivity index (χ1v) is 8.83. The van der Waals surface area contributed by atoms with E-state index in [0.717, 1.165) is 5.69 Å². The molecular weight excluding hydrogens is 355 g/mol. The molecule has 2 N–H and O–H groups in total. The van der Waals surface area contributed by atoms with Crippen LogP contribution in [0.3, 0.4) is 0 Å². The van der Waals surface area contributed by atoms with Gasteiger partial charge in [0.05, 0.1) is 18.5 Å². The van der Waals surface area contributed by atoms with Crippen molar-refractivity contribution in [1.29, 1.82) is 0 Å². The molecule has 0 amide bonds. The van der Waals surface area contributed by atoms with Crippen LogP contribution in [-0.4, -0.2) is 29.7 Å². The lowest BCUT2D eigenvalue weighted by Gasteiger charge is -2.44. The molecule has 2 aromatic rings. The first-order chi connectivity index (χ1) is 12.6. The minimum absolute atomic E-state index is 0.115. The van der Waals surface area contributed by atoms with Crippen LogP contribution in [0.15, 0.2) is 36.5 Å².